The van der Waals surface area contributed by atoms with Crippen LogP contribution in [0.4, 0.5) is 0 Å². The standard InChI is InChI=1S/C21H21NO4S/c1-4-16-19(21(23)24)27-20(22-16)15-10-7-11-17(25-3)18(15)26-12-14-9-6-5-8-13(14)2/h5-11H,4,12H2,1-3H3,(H,23,24). The van der Waals surface area contributed by atoms with Gasteiger partial charge in [0.2, 0.25) is 0 Å². The molecule has 0 aliphatic rings. The number of hydrogen-bond donors (Lipinski definition) is 1. The average molecular weight is 383 g/mol. The molecule has 3 rings (SSSR count). The molecule has 1 aromatic heterocycles. The molecule has 0 aliphatic heterocycles. The van der Waals surface area contributed by atoms with Crippen LogP contribution >= 0.6 is 11.3 Å². The number of nitrogens with zero attached hydrogens (tertiary/aromatic N) is 1. The molecule has 0 saturated carbocycles. The Hall–Kier alpha value is -2.86. The van der Waals surface area contributed by atoms with Crippen LogP contribution in [0, 0.1) is 6.92 Å². The number of carboxylic acids is 1. The van der Waals surface area contributed by atoms with Gasteiger partial charge in [-0.05, 0) is 36.6 Å². The first-order valence-corrected chi connectivity index (χ1v) is 9.44. The first-order chi connectivity index (χ1) is 13.0. The molecule has 3 aromatic rings. The molecule has 0 saturated heterocycles. The van der Waals surface area contributed by atoms with Crippen LogP contribution in [0.25, 0.3) is 10.6 Å². The molecule has 2 aromatic carbocycles. The molecule has 140 valence electrons. The lowest BCUT2D eigenvalue weighted by Crippen LogP contribution is -2.01. The number of carbonyl (C=O) groups is 1. The molecule has 6 heteroatoms. The van der Waals surface area contributed by atoms with Gasteiger partial charge in [-0.2, -0.15) is 0 Å². The van der Waals surface area contributed by atoms with E-state index in [9.17, 15) is 9.90 Å². The second kappa shape index (κ2) is 8.22. The van der Waals surface area contributed by atoms with Gasteiger partial charge in [0.05, 0.1) is 18.4 Å². The minimum atomic E-state index is -0.958. The lowest BCUT2D eigenvalue weighted by atomic mass is 10.1. The molecule has 0 unspecified atom stereocenters. The number of benzene rings is 2. The lowest BCUT2D eigenvalue weighted by molar-refractivity contribution is 0.0701. The minimum absolute atomic E-state index is 0.264. The lowest BCUT2D eigenvalue weighted by Gasteiger charge is -2.15. The number of hydrogen-bond acceptors (Lipinski definition) is 5. The van der Waals surface area contributed by atoms with Crippen molar-refractivity contribution in [2.24, 2.45) is 0 Å². The Morgan fingerprint density at radius 2 is 1.96 bits per heavy atom. The van der Waals surface area contributed by atoms with Gasteiger partial charge >= 0.3 is 5.97 Å². The van der Waals surface area contributed by atoms with Crippen molar-refractivity contribution in [3.05, 3.63) is 64.2 Å². The largest absolute Gasteiger partial charge is 0.493 e. The number of aryl methyl sites for hydroxylation is 2. The van der Waals surface area contributed by atoms with Crippen molar-refractivity contribution in [3.63, 3.8) is 0 Å². The summed E-state index contributed by atoms with van der Waals surface area (Å²) in [6.45, 7) is 4.32. The minimum Gasteiger partial charge on any atom is -0.493 e. The predicted molar refractivity (Wildman–Crippen MR) is 106 cm³/mol. The number of rotatable bonds is 7. The highest BCUT2D eigenvalue weighted by atomic mass is 32.1. The number of ether oxygens (including phenoxy) is 2. The van der Waals surface area contributed by atoms with Gasteiger partial charge in [-0.25, -0.2) is 9.78 Å². The van der Waals surface area contributed by atoms with E-state index in [0.29, 0.717) is 35.2 Å². The monoisotopic (exact) mass is 383 g/mol. The molecule has 0 spiro atoms. The van der Waals surface area contributed by atoms with Crippen LogP contribution < -0.4 is 9.47 Å². The maximum absolute atomic E-state index is 11.5. The van der Waals surface area contributed by atoms with Crippen LogP contribution in [0.1, 0.15) is 33.4 Å². The van der Waals surface area contributed by atoms with E-state index in [-0.39, 0.29) is 4.88 Å². The van der Waals surface area contributed by atoms with Crippen LogP contribution in [-0.4, -0.2) is 23.2 Å². The van der Waals surface area contributed by atoms with Crippen molar-refractivity contribution in [2.45, 2.75) is 26.9 Å². The Balaban J connectivity index is 2.01. The van der Waals surface area contributed by atoms with Crippen LogP contribution in [0.15, 0.2) is 42.5 Å². The van der Waals surface area contributed by atoms with E-state index >= 15 is 0 Å². The number of aromatic carboxylic acids is 1. The Morgan fingerprint density at radius 3 is 2.59 bits per heavy atom. The van der Waals surface area contributed by atoms with Crippen molar-refractivity contribution in [1.29, 1.82) is 0 Å². The van der Waals surface area contributed by atoms with Crippen molar-refractivity contribution in [3.8, 4) is 22.1 Å². The topological polar surface area (TPSA) is 68.7 Å². The van der Waals surface area contributed by atoms with Gasteiger partial charge < -0.3 is 14.6 Å². The number of thiazole rings is 1. The third kappa shape index (κ3) is 3.95. The summed E-state index contributed by atoms with van der Waals surface area (Å²) in [5.74, 6) is 0.198. The van der Waals surface area contributed by atoms with Crippen LogP contribution in [0.5, 0.6) is 11.5 Å². The van der Waals surface area contributed by atoms with Gasteiger partial charge in [0, 0.05) is 0 Å². The van der Waals surface area contributed by atoms with Crippen LogP contribution in [0.2, 0.25) is 0 Å². The summed E-state index contributed by atoms with van der Waals surface area (Å²) in [6, 6.07) is 13.6. The van der Waals surface area contributed by atoms with Gasteiger partial charge in [-0.1, -0.05) is 37.3 Å². The number of para-hydroxylation sites is 1. The highest BCUT2D eigenvalue weighted by Crippen LogP contribution is 2.41. The summed E-state index contributed by atoms with van der Waals surface area (Å²) in [7, 11) is 1.59. The van der Waals surface area contributed by atoms with E-state index < -0.39 is 5.97 Å². The van der Waals surface area contributed by atoms with E-state index in [4.69, 9.17) is 9.47 Å². The molecule has 0 radical (unpaired) electrons. The summed E-state index contributed by atoms with van der Waals surface area (Å²) < 4.78 is 11.6. The number of methoxy groups -OCH3 is 1. The smallest absolute Gasteiger partial charge is 0.347 e. The molecule has 0 amide bonds. The molecule has 27 heavy (non-hydrogen) atoms. The zero-order chi connectivity index (χ0) is 19.4. The molecule has 5 nitrogen and oxygen atoms in total. The molecular weight excluding hydrogens is 362 g/mol. The number of aromatic nitrogens is 1. The fraction of sp³-hybridized carbons (Fsp3) is 0.238. The molecule has 0 bridgehead atoms. The van der Waals surface area contributed by atoms with Gasteiger partial charge in [0.15, 0.2) is 11.5 Å². The summed E-state index contributed by atoms with van der Waals surface area (Å²) in [6.07, 6.45) is 0.557. The second-order valence-electron chi connectivity index (χ2n) is 6.01. The zero-order valence-electron chi connectivity index (χ0n) is 15.5. The Kier molecular flexibility index (Phi) is 5.76. The molecule has 0 aliphatic carbocycles. The predicted octanol–water partition coefficient (Wildman–Crippen LogP) is 4.97. The van der Waals surface area contributed by atoms with Gasteiger partial charge in [0.25, 0.3) is 0 Å². The fourth-order valence-corrected chi connectivity index (χ4v) is 3.80. The number of carboxylic acid groups (broad SMARTS) is 1. The molecule has 0 atom stereocenters. The highest BCUT2D eigenvalue weighted by molar-refractivity contribution is 7.17. The van der Waals surface area contributed by atoms with Gasteiger partial charge in [-0.3, -0.25) is 0 Å². The fourth-order valence-electron chi connectivity index (χ4n) is 2.79. The quantitative estimate of drug-likeness (QED) is 0.624. The zero-order valence-corrected chi connectivity index (χ0v) is 16.3. The second-order valence-corrected chi connectivity index (χ2v) is 7.00. The normalized spacial score (nSPS) is 10.6. The summed E-state index contributed by atoms with van der Waals surface area (Å²) >= 11 is 1.16. The van der Waals surface area contributed by atoms with Crippen molar-refractivity contribution >= 4 is 17.3 Å². The maximum atomic E-state index is 11.5. The summed E-state index contributed by atoms with van der Waals surface area (Å²) in [5.41, 5.74) is 3.53. The van der Waals surface area contributed by atoms with Crippen LogP contribution in [0.3, 0.4) is 0 Å². The molecular formula is C21H21NO4S. The maximum Gasteiger partial charge on any atom is 0.347 e. The van der Waals surface area contributed by atoms with Crippen LogP contribution in [-0.2, 0) is 13.0 Å². The first kappa shape index (κ1) is 18.9. The average Bonchev–Trinajstić information content (AvgIpc) is 3.11. The third-order valence-corrected chi connectivity index (χ3v) is 5.41. The molecule has 0 fully saturated rings. The first-order valence-electron chi connectivity index (χ1n) is 8.62. The van der Waals surface area contributed by atoms with E-state index in [1.165, 1.54) is 0 Å². The van der Waals surface area contributed by atoms with E-state index in [1.807, 2.05) is 56.3 Å². The third-order valence-electron chi connectivity index (χ3n) is 4.29. The Labute approximate surface area is 162 Å². The summed E-state index contributed by atoms with van der Waals surface area (Å²) in [5, 5.41) is 10.0. The van der Waals surface area contributed by atoms with Gasteiger partial charge in [-0.15, -0.1) is 11.3 Å². The SMILES string of the molecule is CCc1nc(-c2cccc(OC)c2OCc2ccccc2C)sc1C(=O)O. The van der Waals surface area contributed by atoms with Crippen molar-refractivity contribution in [1.82, 2.24) is 4.98 Å². The van der Waals surface area contributed by atoms with E-state index in [0.717, 1.165) is 28.0 Å². The molecule has 1 heterocycles. The Morgan fingerprint density at radius 1 is 1.19 bits per heavy atom. The highest BCUT2D eigenvalue weighted by Gasteiger charge is 2.21. The van der Waals surface area contributed by atoms with Crippen molar-refractivity contribution in [2.75, 3.05) is 7.11 Å². The van der Waals surface area contributed by atoms with Crippen molar-refractivity contribution < 1.29 is 19.4 Å². The Bertz CT molecular complexity index is 965. The van der Waals surface area contributed by atoms with E-state index in [2.05, 4.69) is 4.98 Å². The molecule has 1 N–H and O–H groups in total. The summed E-state index contributed by atoms with van der Waals surface area (Å²) in [4.78, 5) is 16.3. The van der Waals surface area contributed by atoms with E-state index in [1.54, 1.807) is 7.11 Å². The van der Waals surface area contributed by atoms with Gasteiger partial charge in [0.1, 0.15) is 16.5 Å².